The zero-order chi connectivity index (χ0) is 8.32. The first-order valence-corrected chi connectivity index (χ1v) is 4.53. The van der Waals surface area contributed by atoms with E-state index < -0.39 is 0 Å². The topological polar surface area (TPSA) is 18.5 Å². The van der Waals surface area contributed by atoms with E-state index in [1.807, 2.05) is 6.92 Å². The van der Waals surface area contributed by atoms with Crippen LogP contribution in [-0.4, -0.2) is 19.0 Å². The summed E-state index contributed by atoms with van der Waals surface area (Å²) in [6.45, 7) is 7.15. The molecule has 1 heterocycles. The van der Waals surface area contributed by atoms with Gasteiger partial charge in [0, 0.05) is 6.42 Å². The van der Waals surface area contributed by atoms with Gasteiger partial charge in [-0.1, -0.05) is 22.5 Å². The minimum absolute atomic E-state index is 0.364. The summed E-state index contributed by atoms with van der Waals surface area (Å²) in [5.41, 5.74) is 0. The van der Waals surface area contributed by atoms with Crippen molar-refractivity contribution in [2.45, 2.75) is 25.6 Å². The molecule has 0 unspecified atom stereocenters. The first-order chi connectivity index (χ1) is 5.12. The molecule has 64 valence electrons. The predicted octanol–water partition coefficient (Wildman–Crippen LogP) is 2.44. The van der Waals surface area contributed by atoms with E-state index in [9.17, 15) is 0 Å². The van der Waals surface area contributed by atoms with Crippen LogP contribution >= 0.6 is 15.9 Å². The van der Waals surface area contributed by atoms with E-state index in [-0.39, 0.29) is 5.79 Å². The summed E-state index contributed by atoms with van der Waals surface area (Å²) in [4.78, 5) is 0. The fourth-order valence-electron chi connectivity index (χ4n) is 1.06. The van der Waals surface area contributed by atoms with Crippen LogP contribution in [0.3, 0.4) is 0 Å². The first kappa shape index (κ1) is 9.23. The van der Waals surface area contributed by atoms with Crippen molar-refractivity contribution in [3.63, 3.8) is 0 Å². The van der Waals surface area contributed by atoms with Gasteiger partial charge in [-0.05, 0) is 17.8 Å². The summed E-state index contributed by atoms with van der Waals surface area (Å²) in [6, 6.07) is 0. The van der Waals surface area contributed by atoms with Crippen LogP contribution in [0.15, 0.2) is 11.1 Å². The Morgan fingerprint density at radius 2 is 2.09 bits per heavy atom. The molecule has 0 bridgehead atoms. The van der Waals surface area contributed by atoms with Crippen molar-refractivity contribution in [2.75, 3.05) is 13.2 Å². The Morgan fingerprint density at radius 1 is 1.55 bits per heavy atom. The fraction of sp³-hybridized carbons (Fsp3) is 0.750. The lowest BCUT2D eigenvalue weighted by molar-refractivity contribution is -0.145. The third kappa shape index (κ3) is 2.93. The van der Waals surface area contributed by atoms with Gasteiger partial charge < -0.3 is 9.47 Å². The van der Waals surface area contributed by atoms with Crippen LogP contribution in [0.25, 0.3) is 0 Å². The largest absolute Gasteiger partial charge is 0.348 e. The Hall–Kier alpha value is 0.140. The van der Waals surface area contributed by atoms with Crippen LogP contribution in [0.4, 0.5) is 0 Å². The molecule has 1 aliphatic heterocycles. The minimum atomic E-state index is -0.364. The highest BCUT2D eigenvalue weighted by Gasteiger charge is 2.30. The standard InChI is InChI=1S/C8H13BrO2/c1-7(9)3-4-8(2)10-5-6-11-8/h1,3-6H2,2H3. The number of rotatable bonds is 3. The van der Waals surface area contributed by atoms with Crippen LogP contribution < -0.4 is 0 Å². The summed E-state index contributed by atoms with van der Waals surface area (Å²) in [7, 11) is 0. The molecule has 0 aromatic rings. The zero-order valence-electron chi connectivity index (χ0n) is 6.73. The smallest absolute Gasteiger partial charge is 0.166 e. The van der Waals surface area contributed by atoms with Gasteiger partial charge in [-0.25, -0.2) is 0 Å². The average molecular weight is 221 g/mol. The molecule has 1 aliphatic rings. The monoisotopic (exact) mass is 220 g/mol. The normalized spacial score (nSPS) is 22.0. The predicted molar refractivity (Wildman–Crippen MR) is 47.6 cm³/mol. The summed E-state index contributed by atoms with van der Waals surface area (Å²) < 4.78 is 11.8. The first-order valence-electron chi connectivity index (χ1n) is 3.74. The van der Waals surface area contributed by atoms with Gasteiger partial charge >= 0.3 is 0 Å². The highest BCUT2D eigenvalue weighted by molar-refractivity contribution is 9.11. The van der Waals surface area contributed by atoms with E-state index >= 15 is 0 Å². The highest BCUT2D eigenvalue weighted by Crippen LogP contribution is 2.26. The Labute approximate surface area is 75.7 Å². The second-order valence-electron chi connectivity index (χ2n) is 2.85. The van der Waals surface area contributed by atoms with E-state index in [1.54, 1.807) is 0 Å². The molecule has 0 amide bonds. The van der Waals surface area contributed by atoms with Gasteiger partial charge in [0.15, 0.2) is 5.79 Å². The van der Waals surface area contributed by atoms with E-state index in [4.69, 9.17) is 9.47 Å². The van der Waals surface area contributed by atoms with Gasteiger partial charge in [0.25, 0.3) is 0 Å². The minimum Gasteiger partial charge on any atom is -0.348 e. The molecule has 0 N–H and O–H groups in total. The molecular formula is C8H13BrO2. The maximum Gasteiger partial charge on any atom is 0.166 e. The number of ether oxygens (including phenoxy) is 2. The summed E-state index contributed by atoms with van der Waals surface area (Å²) in [5.74, 6) is -0.364. The molecule has 0 saturated carbocycles. The molecule has 0 aromatic heterocycles. The van der Waals surface area contributed by atoms with Crippen LogP contribution in [0.1, 0.15) is 19.8 Å². The Balaban J connectivity index is 2.28. The van der Waals surface area contributed by atoms with Crippen LogP contribution in [-0.2, 0) is 9.47 Å². The van der Waals surface area contributed by atoms with Crippen molar-refractivity contribution in [3.8, 4) is 0 Å². The van der Waals surface area contributed by atoms with Crippen molar-refractivity contribution in [1.29, 1.82) is 0 Å². The van der Waals surface area contributed by atoms with Crippen molar-refractivity contribution in [3.05, 3.63) is 11.1 Å². The Kier molecular flexibility index (Phi) is 3.10. The third-order valence-electron chi connectivity index (χ3n) is 1.75. The number of hydrogen-bond acceptors (Lipinski definition) is 2. The number of halogens is 1. The Morgan fingerprint density at radius 3 is 2.55 bits per heavy atom. The second kappa shape index (κ2) is 3.70. The van der Waals surface area contributed by atoms with Gasteiger partial charge in [0.1, 0.15) is 0 Å². The number of hydrogen-bond donors (Lipinski definition) is 0. The molecule has 0 aromatic carbocycles. The lowest BCUT2D eigenvalue weighted by Crippen LogP contribution is -2.24. The molecule has 1 rings (SSSR count). The molecule has 0 spiro atoms. The van der Waals surface area contributed by atoms with Crippen LogP contribution in [0.5, 0.6) is 0 Å². The summed E-state index contributed by atoms with van der Waals surface area (Å²) in [6.07, 6.45) is 1.77. The van der Waals surface area contributed by atoms with Crippen LogP contribution in [0, 0.1) is 0 Å². The molecule has 0 aliphatic carbocycles. The third-order valence-corrected chi connectivity index (χ3v) is 2.14. The highest BCUT2D eigenvalue weighted by atomic mass is 79.9. The molecule has 1 saturated heterocycles. The van der Waals surface area contributed by atoms with E-state index in [2.05, 4.69) is 22.5 Å². The van der Waals surface area contributed by atoms with E-state index in [0.717, 1.165) is 17.3 Å². The molecule has 0 radical (unpaired) electrons. The molecular weight excluding hydrogens is 208 g/mol. The maximum atomic E-state index is 5.41. The maximum absolute atomic E-state index is 5.41. The van der Waals surface area contributed by atoms with Crippen molar-refractivity contribution < 1.29 is 9.47 Å². The second-order valence-corrected chi connectivity index (χ2v) is 3.97. The zero-order valence-corrected chi connectivity index (χ0v) is 8.32. The van der Waals surface area contributed by atoms with Gasteiger partial charge in [-0.2, -0.15) is 0 Å². The van der Waals surface area contributed by atoms with Gasteiger partial charge in [0.05, 0.1) is 13.2 Å². The molecule has 11 heavy (non-hydrogen) atoms. The van der Waals surface area contributed by atoms with Gasteiger partial charge in [0.2, 0.25) is 0 Å². The molecule has 2 nitrogen and oxygen atoms in total. The van der Waals surface area contributed by atoms with Crippen molar-refractivity contribution in [1.82, 2.24) is 0 Å². The van der Waals surface area contributed by atoms with Crippen molar-refractivity contribution in [2.24, 2.45) is 0 Å². The average Bonchev–Trinajstić information content (AvgIpc) is 2.33. The number of allylic oxidation sites excluding steroid dienone is 1. The molecule has 3 heteroatoms. The Bertz CT molecular complexity index is 150. The lowest BCUT2D eigenvalue weighted by atomic mass is 10.2. The summed E-state index contributed by atoms with van der Waals surface area (Å²) in [5, 5.41) is 0. The molecule has 0 atom stereocenters. The van der Waals surface area contributed by atoms with Gasteiger partial charge in [-0.3, -0.25) is 0 Å². The molecule has 1 fully saturated rings. The fourth-order valence-corrected chi connectivity index (χ4v) is 1.26. The van der Waals surface area contributed by atoms with Crippen LogP contribution in [0.2, 0.25) is 0 Å². The van der Waals surface area contributed by atoms with E-state index in [1.165, 1.54) is 0 Å². The summed E-state index contributed by atoms with van der Waals surface area (Å²) >= 11 is 3.30. The quantitative estimate of drug-likeness (QED) is 0.728. The SMILES string of the molecule is C=C(Br)CCC1(C)OCCO1. The lowest BCUT2D eigenvalue weighted by Gasteiger charge is -2.21. The van der Waals surface area contributed by atoms with E-state index in [0.29, 0.717) is 13.2 Å². The van der Waals surface area contributed by atoms with Gasteiger partial charge in [-0.15, -0.1) is 0 Å². The van der Waals surface area contributed by atoms with Crippen molar-refractivity contribution >= 4 is 15.9 Å².